The number of nitrogens with one attached hydrogen (secondary N) is 1. The summed E-state index contributed by atoms with van der Waals surface area (Å²) in [5.41, 5.74) is 7.97. The number of H-pyrrole nitrogens is 1. The number of aromatic nitrogens is 2. The summed E-state index contributed by atoms with van der Waals surface area (Å²) >= 11 is 0. The lowest BCUT2D eigenvalue weighted by Crippen LogP contribution is -2.45. The topological polar surface area (TPSA) is 98.5 Å². The van der Waals surface area contributed by atoms with E-state index in [2.05, 4.69) is 26.8 Å². The quantitative estimate of drug-likeness (QED) is 0.742. The van der Waals surface area contributed by atoms with Crippen LogP contribution in [0, 0.1) is 0 Å². The van der Waals surface area contributed by atoms with Crippen LogP contribution >= 0.6 is 0 Å². The number of imidazole rings is 1. The molecule has 2 aromatic rings. The molecule has 1 fully saturated rings. The minimum atomic E-state index is -0.936. The van der Waals surface area contributed by atoms with Gasteiger partial charge < -0.3 is 25.6 Å². The first kappa shape index (κ1) is 12.7. The fourth-order valence-electron chi connectivity index (χ4n) is 2.55. The van der Waals surface area contributed by atoms with Crippen LogP contribution in [-0.2, 0) is 0 Å². The molecule has 20 heavy (non-hydrogen) atoms. The standard InChI is InChI=1S/C13H17N5O2/c1-17-2-4-18(5-3-17)11-7-10-9(15-13(14)16-10)6-8(11)12(19)20/h6-7H,2-5H2,1H3,(H,19,20)(H3,14,15,16). The first-order chi connectivity index (χ1) is 9.54. The van der Waals surface area contributed by atoms with Crippen LogP contribution in [0.25, 0.3) is 11.0 Å². The molecule has 0 atom stereocenters. The fourth-order valence-corrected chi connectivity index (χ4v) is 2.55. The number of fused-ring (bicyclic) bond motifs is 1. The third kappa shape index (κ3) is 2.16. The molecule has 4 N–H and O–H groups in total. The molecule has 0 saturated carbocycles. The number of carboxylic acid groups (broad SMARTS) is 1. The van der Waals surface area contributed by atoms with Gasteiger partial charge in [0, 0.05) is 26.2 Å². The van der Waals surface area contributed by atoms with E-state index in [1.807, 2.05) is 0 Å². The molecule has 106 valence electrons. The van der Waals surface area contributed by atoms with E-state index in [9.17, 15) is 9.90 Å². The van der Waals surface area contributed by atoms with Gasteiger partial charge in [-0.25, -0.2) is 9.78 Å². The van der Waals surface area contributed by atoms with Gasteiger partial charge in [-0.15, -0.1) is 0 Å². The number of carboxylic acids is 1. The summed E-state index contributed by atoms with van der Waals surface area (Å²) in [4.78, 5) is 22.8. The van der Waals surface area contributed by atoms with Crippen molar-refractivity contribution in [2.24, 2.45) is 0 Å². The van der Waals surface area contributed by atoms with Crippen molar-refractivity contribution in [2.45, 2.75) is 0 Å². The Labute approximate surface area is 116 Å². The lowest BCUT2D eigenvalue weighted by molar-refractivity contribution is 0.0697. The summed E-state index contributed by atoms with van der Waals surface area (Å²) in [6.07, 6.45) is 0. The molecule has 2 heterocycles. The lowest BCUT2D eigenvalue weighted by Gasteiger charge is -2.34. The summed E-state index contributed by atoms with van der Waals surface area (Å²) in [6.45, 7) is 3.45. The molecule has 0 amide bonds. The number of rotatable bonds is 2. The van der Waals surface area contributed by atoms with Crippen LogP contribution in [0.2, 0.25) is 0 Å². The number of piperazine rings is 1. The Morgan fingerprint density at radius 1 is 1.35 bits per heavy atom. The van der Waals surface area contributed by atoms with Gasteiger partial charge in [-0.05, 0) is 19.2 Å². The maximum atomic E-state index is 11.5. The highest BCUT2D eigenvalue weighted by atomic mass is 16.4. The molecule has 1 aliphatic heterocycles. The van der Waals surface area contributed by atoms with Crippen molar-refractivity contribution in [3.8, 4) is 0 Å². The molecule has 1 aliphatic rings. The van der Waals surface area contributed by atoms with Crippen LogP contribution in [-0.4, -0.2) is 59.2 Å². The van der Waals surface area contributed by atoms with Crippen LogP contribution in [0.4, 0.5) is 11.6 Å². The summed E-state index contributed by atoms with van der Waals surface area (Å²) in [6, 6.07) is 3.41. The normalized spacial score (nSPS) is 16.8. The second-order valence-corrected chi connectivity index (χ2v) is 5.10. The van der Waals surface area contributed by atoms with Gasteiger partial charge in [0.05, 0.1) is 22.3 Å². The van der Waals surface area contributed by atoms with Crippen LogP contribution in [0.3, 0.4) is 0 Å². The van der Waals surface area contributed by atoms with E-state index in [1.54, 1.807) is 12.1 Å². The van der Waals surface area contributed by atoms with Gasteiger partial charge >= 0.3 is 5.97 Å². The van der Waals surface area contributed by atoms with Crippen LogP contribution in [0.5, 0.6) is 0 Å². The largest absolute Gasteiger partial charge is 0.478 e. The van der Waals surface area contributed by atoms with Crippen molar-refractivity contribution in [3.63, 3.8) is 0 Å². The SMILES string of the molecule is CN1CCN(c2cc3nc(N)[nH]c3cc2C(=O)O)CC1. The number of nitrogen functional groups attached to an aromatic ring is 1. The van der Waals surface area contributed by atoms with Crippen molar-refractivity contribution in [3.05, 3.63) is 17.7 Å². The zero-order chi connectivity index (χ0) is 14.3. The zero-order valence-electron chi connectivity index (χ0n) is 11.3. The number of anilines is 2. The summed E-state index contributed by atoms with van der Waals surface area (Å²) < 4.78 is 0. The number of benzene rings is 1. The Morgan fingerprint density at radius 3 is 2.70 bits per heavy atom. The Bertz CT molecular complexity index is 658. The Morgan fingerprint density at radius 2 is 2.05 bits per heavy atom. The van der Waals surface area contributed by atoms with Crippen LogP contribution < -0.4 is 10.6 Å². The molecule has 3 rings (SSSR count). The number of aromatic carboxylic acids is 1. The average molecular weight is 275 g/mol. The Kier molecular flexibility index (Phi) is 2.98. The Hall–Kier alpha value is -2.28. The number of hydrogen-bond donors (Lipinski definition) is 3. The van der Waals surface area contributed by atoms with Gasteiger partial charge in [0.25, 0.3) is 0 Å². The van der Waals surface area contributed by atoms with Gasteiger partial charge in [-0.3, -0.25) is 0 Å². The van der Waals surface area contributed by atoms with E-state index in [4.69, 9.17) is 5.73 Å². The van der Waals surface area contributed by atoms with Crippen molar-refractivity contribution >= 4 is 28.6 Å². The van der Waals surface area contributed by atoms with E-state index in [1.165, 1.54) is 0 Å². The van der Waals surface area contributed by atoms with Gasteiger partial charge in [0.15, 0.2) is 5.95 Å². The highest BCUT2D eigenvalue weighted by Crippen LogP contribution is 2.27. The van der Waals surface area contributed by atoms with Crippen molar-refractivity contribution in [2.75, 3.05) is 43.9 Å². The highest BCUT2D eigenvalue weighted by molar-refractivity contribution is 5.99. The van der Waals surface area contributed by atoms with Gasteiger partial charge in [-0.2, -0.15) is 0 Å². The van der Waals surface area contributed by atoms with Crippen molar-refractivity contribution < 1.29 is 9.90 Å². The monoisotopic (exact) mass is 275 g/mol. The number of likely N-dealkylation sites (N-methyl/N-ethyl adjacent to an activating group) is 1. The molecule has 1 aromatic carbocycles. The number of carbonyl (C=O) groups is 1. The summed E-state index contributed by atoms with van der Waals surface area (Å²) in [7, 11) is 2.06. The van der Waals surface area contributed by atoms with Gasteiger partial charge in [0.1, 0.15) is 0 Å². The number of aromatic amines is 1. The number of nitrogens with zero attached hydrogens (tertiary/aromatic N) is 3. The second kappa shape index (κ2) is 4.68. The van der Waals surface area contributed by atoms with E-state index in [-0.39, 0.29) is 5.56 Å². The molecule has 1 aromatic heterocycles. The molecule has 0 spiro atoms. The summed E-state index contributed by atoms with van der Waals surface area (Å²) in [5.74, 6) is -0.638. The maximum absolute atomic E-state index is 11.5. The summed E-state index contributed by atoms with van der Waals surface area (Å²) in [5, 5.41) is 9.41. The predicted molar refractivity (Wildman–Crippen MR) is 77.2 cm³/mol. The Balaban J connectivity index is 2.07. The number of hydrogen-bond acceptors (Lipinski definition) is 5. The molecular weight excluding hydrogens is 258 g/mol. The van der Waals surface area contributed by atoms with Crippen LogP contribution in [0.15, 0.2) is 12.1 Å². The number of nitrogens with two attached hydrogens (primary N) is 1. The van der Waals surface area contributed by atoms with E-state index < -0.39 is 5.97 Å². The molecule has 0 bridgehead atoms. The smallest absolute Gasteiger partial charge is 0.337 e. The predicted octanol–water partition coefficient (Wildman–Crippen LogP) is 0.595. The fraction of sp³-hybridized carbons (Fsp3) is 0.385. The minimum absolute atomic E-state index is 0.283. The lowest BCUT2D eigenvalue weighted by atomic mass is 10.1. The van der Waals surface area contributed by atoms with Crippen LogP contribution in [0.1, 0.15) is 10.4 Å². The average Bonchev–Trinajstić information content (AvgIpc) is 2.77. The third-order valence-corrected chi connectivity index (χ3v) is 3.69. The van der Waals surface area contributed by atoms with Crippen molar-refractivity contribution in [1.29, 1.82) is 0 Å². The maximum Gasteiger partial charge on any atom is 0.337 e. The first-order valence-corrected chi connectivity index (χ1v) is 6.50. The van der Waals surface area contributed by atoms with Crippen molar-refractivity contribution in [1.82, 2.24) is 14.9 Å². The minimum Gasteiger partial charge on any atom is -0.478 e. The molecule has 1 saturated heterocycles. The molecule has 0 aliphatic carbocycles. The molecule has 7 heteroatoms. The second-order valence-electron chi connectivity index (χ2n) is 5.10. The third-order valence-electron chi connectivity index (χ3n) is 3.69. The van der Waals surface area contributed by atoms with Gasteiger partial charge in [-0.1, -0.05) is 0 Å². The molecular formula is C13H17N5O2. The van der Waals surface area contributed by atoms with E-state index in [0.717, 1.165) is 26.2 Å². The molecule has 0 unspecified atom stereocenters. The van der Waals surface area contributed by atoms with Gasteiger partial charge in [0.2, 0.25) is 0 Å². The first-order valence-electron chi connectivity index (χ1n) is 6.50. The highest BCUT2D eigenvalue weighted by Gasteiger charge is 2.21. The van der Waals surface area contributed by atoms with E-state index >= 15 is 0 Å². The molecule has 7 nitrogen and oxygen atoms in total. The van der Waals surface area contributed by atoms with E-state index in [0.29, 0.717) is 22.7 Å². The zero-order valence-corrected chi connectivity index (χ0v) is 11.3. The molecule has 0 radical (unpaired) electrons.